The van der Waals surface area contributed by atoms with Crippen LogP contribution in [0.15, 0.2) is 48.2 Å². The molecule has 8 nitrogen and oxygen atoms in total. The summed E-state index contributed by atoms with van der Waals surface area (Å²) in [5.74, 6) is -2.64. The van der Waals surface area contributed by atoms with Crippen molar-refractivity contribution in [1.82, 2.24) is 4.90 Å². The number of ether oxygens (including phenoxy) is 3. The Labute approximate surface area is 208 Å². The van der Waals surface area contributed by atoms with Crippen molar-refractivity contribution < 1.29 is 46.2 Å². The number of halogens is 5. The van der Waals surface area contributed by atoms with Gasteiger partial charge in [-0.2, -0.15) is 13.2 Å². The molecule has 0 atom stereocenters. The number of rotatable bonds is 9. The summed E-state index contributed by atoms with van der Waals surface area (Å²) < 4.78 is 70.1. The Balaban J connectivity index is 2.29. The van der Waals surface area contributed by atoms with Crippen molar-refractivity contribution in [3.63, 3.8) is 0 Å². The molecule has 0 aliphatic carbocycles. The van der Waals surface area contributed by atoms with E-state index >= 15 is 0 Å². The predicted molar refractivity (Wildman–Crippen MR) is 122 cm³/mol. The average molecular weight is 533 g/mol. The monoisotopic (exact) mass is 532 g/mol. The summed E-state index contributed by atoms with van der Waals surface area (Å²) in [4.78, 5) is 35.3. The summed E-state index contributed by atoms with van der Waals surface area (Å²) in [5, 5.41) is 1.76. The van der Waals surface area contributed by atoms with Crippen molar-refractivity contribution in [1.29, 1.82) is 0 Å². The number of nitrogens with one attached hydrogen (secondary N) is 1. The molecule has 2 aromatic rings. The van der Waals surface area contributed by atoms with Gasteiger partial charge in [0.2, 0.25) is 0 Å². The number of para-hydroxylation sites is 2. The molecule has 2 amide bonds. The largest absolute Gasteiger partial charge is 0.478 e. The minimum atomic E-state index is -5.03. The third-order valence-electron chi connectivity index (χ3n) is 4.28. The van der Waals surface area contributed by atoms with Gasteiger partial charge in [-0.25, -0.2) is 14.0 Å². The second-order valence-electron chi connectivity index (χ2n) is 7.03. The number of amides is 2. The van der Waals surface area contributed by atoms with Crippen molar-refractivity contribution >= 4 is 35.1 Å². The Kier molecular flexibility index (Phi) is 9.68. The van der Waals surface area contributed by atoms with Gasteiger partial charge in [0, 0.05) is 19.2 Å². The first-order chi connectivity index (χ1) is 16.8. The number of ketones is 1. The highest BCUT2D eigenvalue weighted by atomic mass is 35.5. The molecular formula is C23H21ClF4N2O6. The van der Waals surface area contributed by atoms with Crippen LogP contribution in [0, 0.1) is 5.82 Å². The predicted octanol–water partition coefficient (Wildman–Crippen LogP) is 5.71. The Hall–Kier alpha value is -3.80. The Morgan fingerprint density at radius 2 is 1.75 bits per heavy atom. The number of carbonyl (C=O) groups is 3. The number of alkyl halides is 3. The minimum absolute atomic E-state index is 0.0634. The van der Waals surface area contributed by atoms with Crippen LogP contribution in [-0.2, 0) is 14.3 Å². The Morgan fingerprint density at radius 3 is 2.33 bits per heavy atom. The molecule has 0 heterocycles. The molecule has 2 rings (SSSR count). The SMILES string of the molecule is CCOC(=O)COc1ccccc1Oc1cc(NC(=O)N(C)/C(=C\C(C)=O)C(F)(F)F)c(F)cc1Cl. The molecule has 0 bridgehead atoms. The normalized spacial score (nSPS) is 11.5. The van der Waals surface area contributed by atoms with E-state index in [1.54, 1.807) is 19.1 Å². The molecule has 0 saturated carbocycles. The van der Waals surface area contributed by atoms with Gasteiger partial charge in [0.25, 0.3) is 0 Å². The molecule has 2 aromatic carbocycles. The summed E-state index contributed by atoms with van der Waals surface area (Å²) in [6.07, 6.45) is -4.79. The number of anilines is 1. The molecule has 0 unspecified atom stereocenters. The van der Waals surface area contributed by atoms with E-state index in [1.165, 1.54) is 12.1 Å². The fourth-order valence-electron chi connectivity index (χ4n) is 2.68. The fraction of sp³-hybridized carbons (Fsp3) is 0.261. The van der Waals surface area contributed by atoms with Gasteiger partial charge in [-0.1, -0.05) is 23.7 Å². The molecule has 0 spiro atoms. The van der Waals surface area contributed by atoms with Crippen LogP contribution in [0.25, 0.3) is 0 Å². The van der Waals surface area contributed by atoms with Crippen LogP contribution in [0.1, 0.15) is 13.8 Å². The maximum absolute atomic E-state index is 14.5. The number of hydrogen-bond donors (Lipinski definition) is 1. The Bertz CT molecular complexity index is 1170. The molecule has 36 heavy (non-hydrogen) atoms. The fourth-order valence-corrected chi connectivity index (χ4v) is 2.87. The molecule has 0 aliphatic heterocycles. The lowest BCUT2D eigenvalue weighted by Crippen LogP contribution is -2.37. The van der Waals surface area contributed by atoms with E-state index < -0.39 is 47.8 Å². The van der Waals surface area contributed by atoms with Gasteiger partial charge in [-0.05, 0) is 32.0 Å². The lowest BCUT2D eigenvalue weighted by molar-refractivity contribution is -0.145. The van der Waals surface area contributed by atoms with E-state index in [-0.39, 0.29) is 39.9 Å². The zero-order valence-electron chi connectivity index (χ0n) is 19.2. The van der Waals surface area contributed by atoms with Crippen LogP contribution >= 0.6 is 11.6 Å². The summed E-state index contributed by atoms with van der Waals surface area (Å²) in [7, 11) is 0.764. The second-order valence-corrected chi connectivity index (χ2v) is 7.44. The van der Waals surface area contributed by atoms with Gasteiger partial charge in [0.1, 0.15) is 17.3 Å². The number of benzene rings is 2. The molecular weight excluding hydrogens is 512 g/mol. The zero-order chi connectivity index (χ0) is 27.0. The highest BCUT2D eigenvalue weighted by Crippen LogP contribution is 2.38. The number of allylic oxidation sites excluding steroid dienone is 2. The third-order valence-corrected chi connectivity index (χ3v) is 4.57. The highest BCUT2D eigenvalue weighted by Gasteiger charge is 2.39. The van der Waals surface area contributed by atoms with Crippen molar-refractivity contribution in [3.05, 3.63) is 59.0 Å². The van der Waals surface area contributed by atoms with E-state index in [4.69, 9.17) is 25.8 Å². The van der Waals surface area contributed by atoms with Gasteiger partial charge < -0.3 is 19.5 Å². The van der Waals surface area contributed by atoms with Crippen molar-refractivity contribution in [2.24, 2.45) is 0 Å². The smallest absolute Gasteiger partial charge is 0.431 e. The van der Waals surface area contributed by atoms with E-state index in [0.29, 0.717) is 0 Å². The van der Waals surface area contributed by atoms with Crippen LogP contribution in [0.2, 0.25) is 5.02 Å². The first-order valence-corrected chi connectivity index (χ1v) is 10.6. The molecule has 0 fully saturated rings. The number of carbonyl (C=O) groups excluding carboxylic acids is 3. The van der Waals surface area contributed by atoms with Crippen LogP contribution < -0.4 is 14.8 Å². The molecule has 1 N–H and O–H groups in total. The molecule has 13 heteroatoms. The lowest BCUT2D eigenvalue weighted by Gasteiger charge is -2.23. The zero-order valence-corrected chi connectivity index (χ0v) is 20.0. The van der Waals surface area contributed by atoms with Gasteiger partial charge >= 0.3 is 18.2 Å². The van der Waals surface area contributed by atoms with Gasteiger partial charge in [0.15, 0.2) is 23.9 Å². The number of hydrogen-bond acceptors (Lipinski definition) is 6. The topological polar surface area (TPSA) is 94.2 Å². The van der Waals surface area contributed by atoms with Gasteiger partial charge in [0.05, 0.1) is 17.3 Å². The standard InChI is InChI=1S/C23H21ClF4N2O6/c1-4-34-21(32)12-35-17-7-5-6-8-18(17)36-19-11-16(15(25)10-14(19)24)29-22(33)30(3)20(9-13(2)31)23(26,27)28/h5-11H,4,12H2,1-3H3,(H,29,33)/b20-9-. The lowest BCUT2D eigenvalue weighted by atomic mass is 10.2. The highest BCUT2D eigenvalue weighted by molar-refractivity contribution is 6.32. The van der Waals surface area contributed by atoms with Crippen molar-refractivity contribution in [3.8, 4) is 17.2 Å². The maximum atomic E-state index is 14.5. The molecule has 0 aromatic heterocycles. The van der Waals surface area contributed by atoms with Gasteiger partial charge in [-0.15, -0.1) is 0 Å². The van der Waals surface area contributed by atoms with Crippen molar-refractivity contribution in [2.45, 2.75) is 20.0 Å². The first-order valence-electron chi connectivity index (χ1n) is 10.2. The Morgan fingerprint density at radius 1 is 1.11 bits per heavy atom. The minimum Gasteiger partial charge on any atom is -0.478 e. The maximum Gasteiger partial charge on any atom is 0.431 e. The van der Waals surface area contributed by atoms with Crippen LogP contribution in [-0.4, -0.2) is 49.1 Å². The first kappa shape index (κ1) is 28.4. The van der Waals surface area contributed by atoms with E-state index in [2.05, 4.69) is 0 Å². The van der Waals surface area contributed by atoms with Gasteiger partial charge in [-0.3, -0.25) is 9.69 Å². The summed E-state index contributed by atoms with van der Waals surface area (Å²) in [5.41, 5.74) is -2.11. The van der Waals surface area contributed by atoms with Crippen LogP contribution in [0.4, 0.5) is 28.0 Å². The van der Waals surface area contributed by atoms with E-state index in [9.17, 15) is 31.9 Å². The quantitative estimate of drug-likeness (QED) is 0.252. The molecule has 0 saturated heterocycles. The number of urea groups is 1. The summed E-state index contributed by atoms with van der Waals surface area (Å²) in [6.45, 7) is 2.25. The van der Waals surface area contributed by atoms with Crippen LogP contribution in [0.5, 0.6) is 17.2 Å². The molecule has 0 aliphatic rings. The van der Waals surface area contributed by atoms with Crippen LogP contribution in [0.3, 0.4) is 0 Å². The summed E-state index contributed by atoms with van der Waals surface area (Å²) in [6, 6.07) is 6.44. The number of esters is 1. The summed E-state index contributed by atoms with van der Waals surface area (Å²) >= 11 is 6.04. The average Bonchev–Trinajstić information content (AvgIpc) is 2.78. The number of nitrogens with zero attached hydrogens (tertiary/aromatic N) is 1. The molecule has 0 radical (unpaired) electrons. The second kappa shape index (κ2) is 12.2. The van der Waals surface area contributed by atoms with E-state index in [0.717, 1.165) is 26.1 Å². The third kappa shape index (κ3) is 7.87. The van der Waals surface area contributed by atoms with E-state index in [1.807, 2.05) is 5.32 Å². The van der Waals surface area contributed by atoms with Crippen molar-refractivity contribution in [2.75, 3.05) is 25.6 Å². The molecule has 194 valence electrons.